The second-order valence-electron chi connectivity index (χ2n) is 5.63. The minimum absolute atomic E-state index is 0.0302. The predicted molar refractivity (Wildman–Crippen MR) is 87.0 cm³/mol. The van der Waals surface area contributed by atoms with E-state index in [2.05, 4.69) is 36.2 Å². The second-order valence-corrected chi connectivity index (χ2v) is 6.57. The van der Waals surface area contributed by atoms with E-state index in [4.69, 9.17) is 4.74 Å². The zero-order valence-corrected chi connectivity index (χ0v) is 13.7. The highest BCUT2D eigenvalue weighted by Crippen LogP contribution is 2.33. The minimum Gasteiger partial charge on any atom is -0.378 e. The van der Waals surface area contributed by atoms with Gasteiger partial charge in [0.15, 0.2) is 0 Å². The highest BCUT2D eigenvalue weighted by Gasteiger charge is 2.31. The average Bonchev–Trinajstić information content (AvgIpc) is 3.16. The van der Waals surface area contributed by atoms with Gasteiger partial charge in [-0.1, -0.05) is 29.8 Å². The van der Waals surface area contributed by atoms with Crippen molar-refractivity contribution in [3.8, 4) is 0 Å². The third-order valence-electron chi connectivity index (χ3n) is 3.98. The standard InChI is InChI=1S/C17H20N2O2S/c1-12-5-3-6-13(9-12)15-7-4-8-19(15)17(20)14-11-22-16(18-14)10-21-2/h3,5-6,9,11,15H,4,7-8,10H2,1-2H3. The number of thiazole rings is 1. The van der Waals surface area contributed by atoms with Gasteiger partial charge in [0.05, 0.1) is 12.6 Å². The van der Waals surface area contributed by atoms with E-state index in [1.807, 2.05) is 10.3 Å². The Labute approximate surface area is 134 Å². The lowest BCUT2D eigenvalue weighted by atomic mass is 10.0. The molecule has 1 fully saturated rings. The molecule has 1 aromatic heterocycles. The van der Waals surface area contributed by atoms with Crippen LogP contribution in [0.5, 0.6) is 0 Å². The maximum Gasteiger partial charge on any atom is 0.273 e. The highest BCUT2D eigenvalue weighted by molar-refractivity contribution is 7.09. The van der Waals surface area contributed by atoms with Crippen molar-refractivity contribution >= 4 is 17.2 Å². The Morgan fingerprint density at radius 1 is 1.50 bits per heavy atom. The Morgan fingerprint density at radius 3 is 3.14 bits per heavy atom. The molecule has 1 aromatic carbocycles. The maximum atomic E-state index is 12.8. The lowest BCUT2D eigenvalue weighted by Crippen LogP contribution is -2.30. The molecule has 0 bridgehead atoms. The molecule has 1 unspecified atom stereocenters. The number of aryl methyl sites for hydroxylation is 1. The summed E-state index contributed by atoms with van der Waals surface area (Å²) >= 11 is 1.48. The Bertz CT molecular complexity index is 668. The summed E-state index contributed by atoms with van der Waals surface area (Å²) in [6, 6.07) is 8.60. The van der Waals surface area contributed by atoms with Gasteiger partial charge in [-0.15, -0.1) is 11.3 Å². The van der Waals surface area contributed by atoms with Gasteiger partial charge < -0.3 is 9.64 Å². The van der Waals surface area contributed by atoms with Crippen LogP contribution in [0.1, 0.15) is 45.5 Å². The molecule has 1 aliphatic heterocycles. The predicted octanol–water partition coefficient (Wildman–Crippen LogP) is 3.58. The van der Waals surface area contributed by atoms with E-state index in [-0.39, 0.29) is 11.9 Å². The number of amides is 1. The first-order chi connectivity index (χ1) is 10.7. The van der Waals surface area contributed by atoms with Crippen LogP contribution in [0.4, 0.5) is 0 Å². The van der Waals surface area contributed by atoms with Gasteiger partial charge in [-0.3, -0.25) is 4.79 Å². The van der Waals surface area contributed by atoms with Crippen LogP contribution in [-0.4, -0.2) is 29.4 Å². The van der Waals surface area contributed by atoms with E-state index in [0.29, 0.717) is 12.3 Å². The van der Waals surface area contributed by atoms with Gasteiger partial charge in [-0.05, 0) is 25.3 Å². The summed E-state index contributed by atoms with van der Waals surface area (Å²) in [5.74, 6) is 0.0302. The summed E-state index contributed by atoms with van der Waals surface area (Å²) in [4.78, 5) is 19.1. The molecule has 0 saturated carbocycles. The first kappa shape index (κ1) is 15.2. The SMILES string of the molecule is COCc1nc(C(=O)N2CCCC2c2cccc(C)c2)cs1. The van der Waals surface area contributed by atoms with Crippen molar-refractivity contribution in [1.29, 1.82) is 0 Å². The van der Waals surface area contributed by atoms with Crippen LogP contribution in [0.25, 0.3) is 0 Å². The van der Waals surface area contributed by atoms with E-state index in [0.717, 1.165) is 24.4 Å². The number of aromatic nitrogens is 1. The first-order valence-electron chi connectivity index (χ1n) is 7.50. The van der Waals surface area contributed by atoms with Crippen LogP contribution in [-0.2, 0) is 11.3 Å². The summed E-state index contributed by atoms with van der Waals surface area (Å²) in [6.45, 7) is 3.34. The molecule has 4 nitrogen and oxygen atoms in total. The Hall–Kier alpha value is -1.72. The number of carbonyl (C=O) groups excluding carboxylic acids is 1. The fraction of sp³-hybridized carbons (Fsp3) is 0.412. The molecule has 0 spiro atoms. The highest BCUT2D eigenvalue weighted by atomic mass is 32.1. The molecule has 116 valence electrons. The van der Waals surface area contributed by atoms with Gasteiger partial charge in [0.25, 0.3) is 5.91 Å². The van der Waals surface area contributed by atoms with Crippen LogP contribution in [0.2, 0.25) is 0 Å². The molecule has 1 saturated heterocycles. The normalized spacial score (nSPS) is 17.9. The summed E-state index contributed by atoms with van der Waals surface area (Å²) < 4.78 is 5.07. The molecule has 0 N–H and O–H groups in total. The third-order valence-corrected chi connectivity index (χ3v) is 4.80. The van der Waals surface area contributed by atoms with E-state index in [9.17, 15) is 4.79 Å². The molecule has 2 heterocycles. The topological polar surface area (TPSA) is 42.4 Å². The quantitative estimate of drug-likeness (QED) is 0.866. The van der Waals surface area contributed by atoms with Crippen LogP contribution in [0, 0.1) is 6.92 Å². The first-order valence-corrected chi connectivity index (χ1v) is 8.38. The molecule has 2 aromatic rings. The van der Waals surface area contributed by atoms with Gasteiger partial charge in [-0.25, -0.2) is 4.98 Å². The van der Waals surface area contributed by atoms with Crippen LogP contribution in [0.3, 0.4) is 0 Å². The molecule has 1 aliphatic rings. The molecular weight excluding hydrogens is 296 g/mol. The average molecular weight is 316 g/mol. The number of ether oxygens (including phenoxy) is 1. The monoisotopic (exact) mass is 316 g/mol. The van der Waals surface area contributed by atoms with Gasteiger partial charge in [-0.2, -0.15) is 0 Å². The Kier molecular flexibility index (Phi) is 4.55. The zero-order valence-electron chi connectivity index (χ0n) is 12.9. The molecule has 1 amide bonds. The van der Waals surface area contributed by atoms with Gasteiger partial charge in [0.1, 0.15) is 10.7 Å². The molecule has 3 rings (SSSR count). The summed E-state index contributed by atoms with van der Waals surface area (Å²) in [5, 5.41) is 2.68. The summed E-state index contributed by atoms with van der Waals surface area (Å²) in [6.07, 6.45) is 2.06. The zero-order chi connectivity index (χ0) is 15.5. The van der Waals surface area contributed by atoms with Crippen molar-refractivity contribution in [1.82, 2.24) is 9.88 Å². The molecular formula is C17H20N2O2S. The van der Waals surface area contributed by atoms with Crippen molar-refractivity contribution in [2.45, 2.75) is 32.4 Å². The minimum atomic E-state index is 0.0302. The van der Waals surface area contributed by atoms with Gasteiger partial charge >= 0.3 is 0 Å². The summed E-state index contributed by atoms with van der Waals surface area (Å²) in [7, 11) is 1.64. The third kappa shape index (κ3) is 3.05. The van der Waals surface area contributed by atoms with Crippen LogP contribution in [0.15, 0.2) is 29.6 Å². The van der Waals surface area contributed by atoms with Crippen LogP contribution < -0.4 is 0 Å². The number of nitrogens with zero attached hydrogens (tertiary/aromatic N) is 2. The number of benzene rings is 1. The van der Waals surface area contributed by atoms with Gasteiger partial charge in [0.2, 0.25) is 0 Å². The molecule has 5 heteroatoms. The molecule has 0 aliphatic carbocycles. The second kappa shape index (κ2) is 6.58. The molecule has 0 radical (unpaired) electrons. The van der Waals surface area contributed by atoms with Gasteiger partial charge in [0, 0.05) is 19.0 Å². The number of hydrogen-bond donors (Lipinski definition) is 0. The lowest BCUT2D eigenvalue weighted by Gasteiger charge is -2.24. The number of hydrogen-bond acceptors (Lipinski definition) is 4. The Morgan fingerprint density at radius 2 is 2.36 bits per heavy atom. The van der Waals surface area contributed by atoms with E-state index in [1.165, 1.54) is 22.5 Å². The number of carbonyl (C=O) groups is 1. The number of likely N-dealkylation sites (tertiary alicyclic amines) is 1. The smallest absolute Gasteiger partial charge is 0.273 e. The largest absolute Gasteiger partial charge is 0.378 e. The lowest BCUT2D eigenvalue weighted by molar-refractivity contribution is 0.0730. The van der Waals surface area contributed by atoms with E-state index < -0.39 is 0 Å². The number of rotatable bonds is 4. The van der Waals surface area contributed by atoms with Crippen LogP contribution >= 0.6 is 11.3 Å². The number of methoxy groups -OCH3 is 1. The van der Waals surface area contributed by atoms with Crippen molar-refractivity contribution in [3.63, 3.8) is 0 Å². The van der Waals surface area contributed by atoms with Crippen molar-refractivity contribution in [3.05, 3.63) is 51.5 Å². The maximum absolute atomic E-state index is 12.8. The van der Waals surface area contributed by atoms with Crippen molar-refractivity contribution in [2.75, 3.05) is 13.7 Å². The summed E-state index contributed by atoms with van der Waals surface area (Å²) in [5.41, 5.74) is 2.99. The van der Waals surface area contributed by atoms with Crippen molar-refractivity contribution < 1.29 is 9.53 Å². The fourth-order valence-electron chi connectivity index (χ4n) is 2.98. The Balaban J connectivity index is 1.81. The van der Waals surface area contributed by atoms with E-state index >= 15 is 0 Å². The molecule has 22 heavy (non-hydrogen) atoms. The van der Waals surface area contributed by atoms with E-state index in [1.54, 1.807) is 7.11 Å². The fourth-order valence-corrected chi connectivity index (χ4v) is 3.72. The molecule has 1 atom stereocenters. The van der Waals surface area contributed by atoms with Crippen molar-refractivity contribution in [2.24, 2.45) is 0 Å².